The van der Waals surface area contributed by atoms with E-state index >= 15 is 0 Å². The van der Waals surface area contributed by atoms with Crippen LogP contribution in [0, 0.1) is 11.3 Å². The Labute approximate surface area is 745 Å². The second-order valence-corrected chi connectivity index (χ2v) is 43.0. The summed E-state index contributed by atoms with van der Waals surface area (Å²) in [5, 5.41) is 20.1. The molecule has 20 rings (SSSR count). The molecule has 5 heterocycles. The van der Waals surface area contributed by atoms with Gasteiger partial charge in [0.05, 0.1) is 50.2 Å². The smallest absolute Gasteiger partial charge is 0.252 e. The van der Waals surface area contributed by atoms with Crippen LogP contribution in [0.1, 0.15) is 190 Å². The van der Waals surface area contributed by atoms with Crippen LogP contribution in [0.5, 0.6) is 0 Å². The van der Waals surface area contributed by atoms with Gasteiger partial charge in [-0.2, -0.15) is 5.26 Å². The summed E-state index contributed by atoms with van der Waals surface area (Å²) in [6.07, 6.45) is 0. The van der Waals surface area contributed by atoms with Crippen molar-refractivity contribution >= 4 is 123 Å². The molecule has 15 aromatic carbocycles. The zero-order valence-corrected chi connectivity index (χ0v) is 77.1. The van der Waals surface area contributed by atoms with Crippen LogP contribution in [0.15, 0.2) is 303 Å². The number of aromatic nitrogens is 3. The van der Waals surface area contributed by atoms with Crippen LogP contribution < -0.4 is 26.2 Å². The van der Waals surface area contributed by atoms with Crippen molar-refractivity contribution in [2.24, 2.45) is 0 Å². The van der Waals surface area contributed by atoms with Crippen molar-refractivity contribution in [3.63, 3.8) is 0 Å². The predicted octanol–water partition coefficient (Wildman–Crippen LogP) is 30.7. The van der Waals surface area contributed by atoms with Gasteiger partial charge in [0.2, 0.25) is 0 Å². The standard InChI is InChI=1S/C119H113BN6/c1-113(2,3)77-47-55-103-91(64-77)92-65-78(114(4,5)6)48-56-104(92)122(103)84-51-53-97-107(70-84)125(102-46-34-45-101(96(102)72-121)124-99-43-32-30-41-88(99)89-42-31-33-44-100(89)124)109-61-76(75-59-81(117(13,14)15)63-82(60-75)118(16,17)18)62-110-111(109)120(97)98-54-52-85(123-105-57-49-79(115(7,8)9)66-93(105)94-67-80(116(10,11)12)50-58-106(94)123)71-108(98)126(110)112-90(74-37-26-23-27-38-74)68-83(119(19,20)21)69-95(112)87-40-29-28-39-86(87)73-35-24-22-25-36-73/h22-71H,1-21H3. The molecule has 0 bridgehead atoms. The number of nitrogens with zero attached hydrogens (tertiary/aromatic N) is 6. The molecular weight excluding hydrogens is 1520 g/mol. The molecule has 7 heteroatoms. The summed E-state index contributed by atoms with van der Waals surface area (Å²) >= 11 is 0. The molecule has 0 aliphatic carbocycles. The molecule has 18 aromatic rings. The summed E-state index contributed by atoms with van der Waals surface area (Å²) in [6, 6.07) is 120. The van der Waals surface area contributed by atoms with E-state index in [4.69, 9.17) is 0 Å². The van der Waals surface area contributed by atoms with E-state index in [2.05, 4.69) is 478 Å². The summed E-state index contributed by atoms with van der Waals surface area (Å²) in [5.74, 6) is 0. The maximum absolute atomic E-state index is 12.9. The lowest BCUT2D eigenvalue weighted by atomic mass is 9.33. The van der Waals surface area contributed by atoms with Gasteiger partial charge in [-0.1, -0.05) is 327 Å². The van der Waals surface area contributed by atoms with E-state index < -0.39 is 0 Å². The first-order valence-corrected chi connectivity index (χ1v) is 45.2. The molecule has 0 atom stereocenters. The van der Waals surface area contributed by atoms with Gasteiger partial charge in [-0.15, -0.1) is 0 Å². The number of rotatable bonds is 9. The SMILES string of the molecule is CC(C)(C)c1cc(-c2cc3c4c(c2)N(c2c(-c5ccccc5)cc(C(C)(C)C)cc2-c2ccccc2-c2ccccc2)c2cc(-n5c6ccc(C(C)(C)C)cc6c6cc(C(C)(C)C)ccc65)ccc2B4c2ccc(-n4c5ccc(C(C)(C)C)cc5c5cc(C(C)(C)C)ccc54)cc2N3c2cccc(-n3c4ccccc4c4ccccc43)c2C#N)cc(C(C)(C)C)c1. The minimum Gasteiger partial charge on any atom is -0.310 e. The lowest BCUT2D eigenvalue weighted by Crippen LogP contribution is -2.61. The second kappa shape index (κ2) is 29.0. The largest absolute Gasteiger partial charge is 0.310 e. The third-order valence-corrected chi connectivity index (χ3v) is 27.3. The summed E-state index contributed by atoms with van der Waals surface area (Å²) < 4.78 is 7.43. The van der Waals surface area contributed by atoms with Crippen molar-refractivity contribution in [2.45, 2.75) is 183 Å². The topological polar surface area (TPSA) is 45.1 Å². The van der Waals surface area contributed by atoms with Crippen LogP contribution in [0.25, 0.3) is 127 Å². The van der Waals surface area contributed by atoms with Gasteiger partial charge in [0, 0.05) is 77.6 Å². The summed E-state index contributed by atoms with van der Waals surface area (Å²) in [6.45, 7) is 48.8. The number of benzene rings is 15. The fourth-order valence-electron chi connectivity index (χ4n) is 20.2. The number of anilines is 6. The Morgan fingerprint density at radius 2 is 0.587 bits per heavy atom. The van der Waals surface area contributed by atoms with Gasteiger partial charge in [-0.3, -0.25) is 0 Å². The third-order valence-electron chi connectivity index (χ3n) is 27.3. The normalized spacial score (nSPS) is 13.4. The van der Waals surface area contributed by atoms with Crippen LogP contribution in [0.4, 0.5) is 34.1 Å². The van der Waals surface area contributed by atoms with Gasteiger partial charge in [0.1, 0.15) is 11.6 Å². The molecule has 2 aliphatic heterocycles. The number of hydrogen-bond donors (Lipinski definition) is 0. The molecular formula is C119H113BN6. The van der Waals surface area contributed by atoms with Crippen molar-refractivity contribution in [1.29, 1.82) is 5.26 Å². The average Bonchev–Trinajstić information content (AvgIpc) is 0.778. The van der Waals surface area contributed by atoms with E-state index in [-0.39, 0.29) is 44.6 Å². The van der Waals surface area contributed by atoms with Crippen molar-refractivity contribution in [2.75, 3.05) is 9.80 Å². The Morgan fingerprint density at radius 3 is 1.02 bits per heavy atom. The molecule has 126 heavy (non-hydrogen) atoms. The quantitative estimate of drug-likeness (QED) is 0.135. The number of nitriles is 1. The summed E-state index contributed by atoms with van der Waals surface area (Å²) in [5.41, 5.74) is 36.1. The third kappa shape index (κ3) is 13.4. The van der Waals surface area contributed by atoms with E-state index in [1.54, 1.807) is 0 Å². The first kappa shape index (κ1) is 81.2. The monoisotopic (exact) mass is 1640 g/mol. The highest BCUT2D eigenvalue weighted by atomic mass is 15.2. The summed E-state index contributed by atoms with van der Waals surface area (Å²) in [7, 11) is 0. The molecule has 2 aliphatic rings. The van der Waals surface area contributed by atoms with Crippen LogP contribution >= 0.6 is 0 Å². The van der Waals surface area contributed by atoms with Crippen molar-refractivity contribution in [3.8, 4) is 67.6 Å². The molecule has 0 saturated heterocycles. The van der Waals surface area contributed by atoms with Crippen LogP contribution in [0.2, 0.25) is 0 Å². The van der Waals surface area contributed by atoms with E-state index in [9.17, 15) is 5.26 Å². The molecule has 0 unspecified atom stereocenters. The van der Waals surface area contributed by atoms with Gasteiger partial charge in [-0.05, 0) is 248 Å². The van der Waals surface area contributed by atoms with Crippen LogP contribution in [0.3, 0.4) is 0 Å². The average molecular weight is 1640 g/mol. The fraction of sp³-hybridized carbons (Fsp3) is 0.235. The Hall–Kier alpha value is -13.1. The Morgan fingerprint density at radius 1 is 0.230 bits per heavy atom. The first-order valence-electron chi connectivity index (χ1n) is 45.2. The molecule has 0 fully saturated rings. The highest BCUT2D eigenvalue weighted by Crippen LogP contribution is 2.56. The molecule has 3 aromatic heterocycles. The van der Waals surface area contributed by atoms with Crippen molar-refractivity contribution in [3.05, 3.63) is 348 Å². The van der Waals surface area contributed by atoms with E-state index in [0.717, 1.165) is 156 Å². The maximum atomic E-state index is 12.9. The van der Waals surface area contributed by atoms with Gasteiger partial charge >= 0.3 is 0 Å². The van der Waals surface area contributed by atoms with Gasteiger partial charge < -0.3 is 23.5 Å². The van der Waals surface area contributed by atoms with E-state index in [0.29, 0.717) is 5.56 Å². The fourth-order valence-corrected chi connectivity index (χ4v) is 20.2. The molecule has 622 valence electrons. The highest BCUT2D eigenvalue weighted by molar-refractivity contribution is 7.00. The number of para-hydroxylation sites is 2. The highest BCUT2D eigenvalue weighted by Gasteiger charge is 2.47. The Bertz CT molecular complexity index is 7340. The number of fused-ring (bicyclic) bond motifs is 13. The Balaban J connectivity index is 0.991. The zero-order valence-electron chi connectivity index (χ0n) is 77.1. The minimum atomic E-state index is -0.389. The first-order chi connectivity index (χ1) is 59.9. The molecule has 0 radical (unpaired) electrons. The lowest BCUT2D eigenvalue weighted by molar-refractivity contribution is 0.569. The van der Waals surface area contributed by atoms with Gasteiger partial charge in [0.25, 0.3) is 6.71 Å². The molecule has 0 N–H and O–H groups in total. The van der Waals surface area contributed by atoms with Crippen LogP contribution in [-0.4, -0.2) is 20.4 Å². The summed E-state index contributed by atoms with van der Waals surface area (Å²) in [4.78, 5) is 5.27. The molecule has 6 nitrogen and oxygen atoms in total. The molecule has 0 amide bonds. The van der Waals surface area contributed by atoms with Crippen molar-refractivity contribution in [1.82, 2.24) is 13.7 Å². The molecule has 0 saturated carbocycles. The van der Waals surface area contributed by atoms with Crippen LogP contribution in [-0.2, 0) is 37.9 Å². The second-order valence-electron chi connectivity index (χ2n) is 43.0. The molecule has 0 spiro atoms. The maximum Gasteiger partial charge on any atom is 0.252 e. The zero-order chi connectivity index (χ0) is 88.1. The van der Waals surface area contributed by atoms with E-state index in [1.165, 1.54) is 60.5 Å². The van der Waals surface area contributed by atoms with Gasteiger partial charge in [-0.25, -0.2) is 0 Å². The van der Waals surface area contributed by atoms with Gasteiger partial charge in [0.15, 0.2) is 0 Å². The predicted molar refractivity (Wildman–Crippen MR) is 541 cm³/mol. The van der Waals surface area contributed by atoms with Crippen molar-refractivity contribution < 1.29 is 0 Å². The number of hydrogen-bond acceptors (Lipinski definition) is 3. The lowest BCUT2D eigenvalue weighted by Gasteiger charge is -2.46. The van der Waals surface area contributed by atoms with E-state index in [1.807, 2.05) is 0 Å². The Kier molecular flexibility index (Phi) is 18.7. The minimum absolute atomic E-state index is 0.104.